The molecule has 27 heavy (non-hydrogen) atoms. The Labute approximate surface area is 158 Å². The molecule has 1 amide bonds. The first-order valence-electron chi connectivity index (χ1n) is 8.27. The first kappa shape index (κ1) is 18.7. The number of anilines is 1. The highest BCUT2D eigenvalue weighted by Gasteiger charge is 2.19. The van der Waals surface area contributed by atoms with Crippen LogP contribution in [0.2, 0.25) is 0 Å². The fourth-order valence-corrected chi connectivity index (χ4v) is 3.56. The summed E-state index contributed by atoms with van der Waals surface area (Å²) in [7, 11) is -1.94. The van der Waals surface area contributed by atoms with Crippen LogP contribution in [0, 0.1) is 0 Å². The standard InChI is InChI=1S/C19H20N4O3S/c1-20-19(24)16-9-7-15(8-10-16)14-23(27(2,25)26)18-6-3-5-17(13-18)22-12-4-11-21-22/h3-13H,14H2,1-2H3,(H,20,24). The fourth-order valence-electron chi connectivity index (χ4n) is 2.68. The average Bonchev–Trinajstić information content (AvgIpc) is 3.20. The molecule has 1 aromatic heterocycles. The van der Waals surface area contributed by atoms with Gasteiger partial charge in [0, 0.05) is 25.0 Å². The Balaban J connectivity index is 1.92. The van der Waals surface area contributed by atoms with Crippen LogP contribution in [0.15, 0.2) is 67.0 Å². The maximum Gasteiger partial charge on any atom is 0.251 e. The van der Waals surface area contributed by atoms with Crippen molar-refractivity contribution in [3.05, 3.63) is 78.1 Å². The van der Waals surface area contributed by atoms with Gasteiger partial charge in [-0.05, 0) is 42.0 Å². The van der Waals surface area contributed by atoms with E-state index < -0.39 is 10.0 Å². The van der Waals surface area contributed by atoms with Crippen molar-refractivity contribution in [1.29, 1.82) is 0 Å². The van der Waals surface area contributed by atoms with Crippen molar-refractivity contribution in [2.45, 2.75) is 6.54 Å². The van der Waals surface area contributed by atoms with Gasteiger partial charge in [-0.1, -0.05) is 18.2 Å². The third-order valence-corrected chi connectivity index (χ3v) is 5.20. The second kappa shape index (κ2) is 7.63. The molecule has 3 aromatic rings. The minimum Gasteiger partial charge on any atom is -0.355 e. The number of sulfonamides is 1. The van der Waals surface area contributed by atoms with Gasteiger partial charge < -0.3 is 5.32 Å². The van der Waals surface area contributed by atoms with Crippen LogP contribution in [0.3, 0.4) is 0 Å². The summed E-state index contributed by atoms with van der Waals surface area (Å²) in [5.74, 6) is -0.187. The van der Waals surface area contributed by atoms with Gasteiger partial charge in [0.25, 0.3) is 5.91 Å². The van der Waals surface area contributed by atoms with E-state index in [0.29, 0.717) is 11.3 Å². The summed E-state index contributed by atoms with van der Waals surface area (Å²) in [6.45, 7) is 0.162. The normalized spacial score (nSPS) is 11.2. The Morgan fingerprint density at radius 2 is 1.89 bits per heavy atom. The van der Waals surface area contributed by atoms with Crippen molar-refractivity contribution in [3.8, 4) is 5.69 Å². The molecule has 0 radical (unpaired) electrons. The zero-order chi connectivity index (χ0) is 19.4. The zero-order valence-corrected chi connectivity index (χ0v) is 15.8. The molecule has 0 atom stereocenters. The molecule has 8 heteroatoms. The van der Waals surface area contributed by atoms with E-state index in [1.54, 1.807) is 72.7 Å². The molecule has 0 unspecified atom stereocenters. The third kappa shape index (κ3) is 4.35. The number of nitrogens with zero attached hydrogens (tertiary/aromatic N) is 3. The zero-order valence-electron chi connectivity index (χ0n) is 15.0. The van der Waals surface area contributed by atoms with Crippen LogP contribution in [-0.4, -0.2) is 37.4 Å². The summed E-state index contributed by atoms with van der Waals surface area (Å²) in [6.07, 6.45) is 4.63. The molecule has 3 rings (SSSR count). The molecule has 0 aliphatic heterocycles. The van der Waals surface area contributed by atoms with E-state index in [-0.39, 0.29) is 12.5 Å². The Bertz CT molecular complexity index is 1030. The second-order valence-electron chi connectivity index (χ2n) is 6.02. The monoisotopic (exact) mass is 384 g/mol. The smallest absolute Gasteiger partial charge is 0.251 e. The molecular formula is C19H20N4O3S. The van der Waals surface area contributed by atoms with Gasteiger partial charge in [-0.15, -0.1) is 0 Å². The maximum atomic E-state index is 12.4. The number of carbonyl (C=O) groups is 1. The van der Waals surface area contributed by atoms with Crippen LogP contribution >= 0.6 is 0 Å². The largest absolute Gasteiger partial charge is 0.355 e. The van der Waals surface area contributed by atoms with Crippen molar-refractivity contribution in [2.75, 3.05) is 17.6 Å². The van der Waals surface area contributed by atoms with Crippen LogP contribution in [0.5, 0.6) is 0 Å². The summed E-state index contributed by atoms with van der Waals surface area (Å²) in [6, 6.07) is 15.8. The third-order valence-electron chi connectivity index (χ3n) is 4.06. The molecule has 1 N–H and O–H groups in total. The van der Waals surface area contributed by atoms with E-state index in [1.807, 2.05) is 6.07 Å². The molecule has 140 valence electrons. The fraction of sp³-hybridized carbons (Fsp3) is 0.158. The lowest BCUT2D eigenvalue weighted by Crippen LogP contribution is -2.29. The summed E-state index contributed by atoms with van der Waals surface area (Å²) in [5, 5.41) is 6.74. The summed E-state index contributed by atoms with van der Waals surface area (Å²) >= 11 is 0. The quantitative estimate of drug-likeness (QED) is 0.706. The van der Waals surface area contributed by atoms with Gasteiger partial charge in [0.15, 0.2) is 0 Å². The van der Waals surface area contributed by atoms with Gasteiger partial charge in [-0.2, -0.15) is 5.10 Å². The first-order chi connectivity index (χ1) is 12.9. The number of aromatic nitrogens is 2. The van der Waals surface area contributed by atoms with Gasteiger partial charge in [0.1, 0.15) is 0 Å². The topological polar surface area (TPSA) is 84.3 Å². The van der Waals surface area contributed by atoms with E-state index in [9.17, 15) is 13.2 Å². The number of nitrogens with one attached hydrogen (secondary N) is 1. The number of amides is 1. The average molecular weight is 384 g/mol. The van der Waals surface area contributed by atoms with E-state index in [1.165, 1.54) is 10.6 Å². The number of rotatable bonds is 6. The highest BCUT2D eigenvalue weighted by Crippen LogP contribution is 2.23. The highest BCUT2D eigenvalue weighted by atomic mass is 32.2. The molecule has 0 bridgehead atoms. The minimum atomic E-state index is -3.51. The maximum absolute atomic E-state index is 12.4. The van der Waals surface area contributed by atoms with Gasteiger partial charge in [0.05, 0.1) is 24.2 Å². The van der Waals surface area contributed by atoms with Crippen molar-refractivity contribution in [3.63, 3.8) is 0 Å². The molecule has 0 aliphatic carbocycles. The van der Waals surface area contributed by atoms with Crippen molar-refractivity contribution >= 4 is 21.6 Å². The molecule has 7 nitrogen and oxygen atoms in total. The Morgan fingerprint density at radius 1 is 1.15 bits per heavy atom. The number of benzene rings is 2. The van der Waals surface area contributed by atoms with Crippen LogP contribution in [0.1, 0.15) is 15.9 Å². The minimum absolute atomic E-state index is 0.162. The molecule has 1 heterocycles. The van der Waals surface area contributed by atoms with E-state index in [0.717, 1.165) is 11.3 Å². The SMILES string of the molecule is CNC(=O)c1ccc(CN(c2cccc(-n3cccn3)c2)S(C)(=O)=O)cc1. The second-order valence-corrected chi connectivity index (χ2v) is 7.92. The van der Waals surface area contributed by atoms with Crippen LogP contribution in [0.4, 0.5) is 5.69 Å². The lowest BCUT2D eigenvalue weighted by molar-refractivity contribution is 0.0963. The van der Waals surface area contributed by atoms with Crippen LogP contribution in [-0.2, 0) is 16.6 Å². The Kier molecular flexibility index (Phi) is 5.27. The first-order valence-corrected chi connectivity index (χ1v) is 10.1. The summed E-state index contributed by atoms with van der Waals surface area (Å²) in [5.41, 5.74) is 2.60. The highest BCUT2D eigenvalue weighted by molar-refractivity contribution is 7.92. The molecular weight excluding hydrogens is 364 g/mol. The van der Waals surface area contributed by atoms with Gasteiger partial charge in [-0.25, -0.2) is 13.1 Å². The van der Waals surface area contributed by atoms with E-state index in [2.05, 4.69) is 10.4 Å². The molecule has 0 fully saturated rings. The Morgan fingerprint density at radius 3 is 2.48 bits per heavy atom. The van der Waals surface area contributed by atoms with Crippen molar-refractivity contribution in [2.24, 2.45) is 0 Å². The summed E-state index contributed by atoms with van der Waals surface area (Å²) in [4.78, 5) is 11.7. The predicted molar refractivity (Wildman–Crippen MR) is 104 cm³/mol. The molecule has 0 saturated carbocycles. The lowest BCUT2D eigenvalue weighted by atomic mass is 10.1. The van der Waals surface area contributed by atoms with Crippen LogP contribution in [0.25, 0.3) is 5.69 Å². The van der Waals surface area contributed by atoms with E-state index in [4.69, 9.17) is 0 Å². The number of hydrogen-bond acceptors (Lipinski definition) is 4. The van der Waals surface area contributed by atoms with Gasteiger partial charge >= 0.3 is 0 Å². The Hall–Kier alpha value is -3.13. The van der Waals surface area contributed by atoms with Gasteiger partial charge in [-0.3, -0.25) is 9.10 Å². The lowest BCUT2D eigenvalue weighted by Gasteiger charge is -2.23. The number of hydrogen-bond donors (Lipinski definition) is 1. The van der Waals surface area contributed by atoms with Gasteiger partial charge in [0.2, 0.25) is 10.0 Å². The summed E-state index contributed by atoms with van der Waals surface area (Å²) < 4.78 is 27.8. The molecule has 0 saturated heterocycles. The van der Waals surface area contributed by atoms with Crippen molar-refractivity contribution < 1.29 is 13.2 Å². The van der Waals surface area contributed by atoms with Crippen molar-refractivity contribution in [1.82, 2.24) is 15.1 Å². The molecule has 0 spiro atoms. The molecule has 0 aliphatic rings. The molecule has 2 aromatic carbocycles. The number of carbonyl (C=O) groups excluding carboxylic acids is 1. The van der Waals surface area contributed by atoms with E-state index >= 15 is 0 Å². The predicted octanol–water partition coefficient (Wildman–Crippen LogP) is 2.20. The van der Waals surface area contributed by atoms with Crippen LogP contribution < -0.4 is 9.62 Å².